The second-order valence-electron chi connectivity index (χ2n) is 4.45. The summed E-state index contributed by atoms with van der Waals surface area (Å²) in [7, 11) is 0. The SMILES string of the molecule is CC(O)C(=O)NCc1ccnc(Oc2ccc(F)cc2)c1. The van der Waals surface area contributed by atoms with E-state index in [1.807, 2.05) is 0 Å². The fourth-order valence-corrected chi connectivity index (χ4v) is 1.58. The molecular formula is C15H15FN2O3. The van der Waals surface area contributed by atoms with Crippen LogP contribution in [-0.2, 0) is 11.3 Å². The van der Waals surface area contributed by atoms with Gasteiger partial charge in [-0.15, -0.1) is 0 Å². The highest BCUT2D eigenvalue weighted by Gasteiger charge is 2.08. The highest BCUT2D eigenvalue weighted by atomic mass is 19.1. The molecule has 5 nitrogen and oxygen atoms in total. The Morgan fingerprint density at radius 3 is 2.76 bits per heavy atom. The second kappa shape index (κ2) is 6.81. The van der Waals surface area contributed by atoms with Gasteiger partial charge in [0, 0.05) is 18.8 Å². The molecule has 0 radical (unpaired) electrons. The molecule has 0 saturated heterocycles. The Labute approximate surface area is 121 Å². The Morgan fingerprint density at radius 2 is 2.10 bits per heavy atom. The zero-order valence-corrected chi connectivity index (χ0v) is 11.4. The number of hydrogen-bond acceptors (Lipinski definition) is 4. The maximum Gasteiger partial charge on any atom is 0.248 e. The third-order valence-corrected chi connectivity index (χ3v) is 2.68. The van der Waals surface area contributed by atoms with Crippen LogP contribution in [0.15, 0.2) is 42.6 Å². The van der Waals surface area contributed by atoms with Crippen molar-refractivity contribution in [2.24, 2.45) is 0 Å². The van der Waals surface area contributed by atoms with E-state index in [9.17, 15) is 9.18 Å². The fourth-order valence-electron chi connectivity index (χ4n) is 1.58. The molecular weight excluding hydrogens is 275 g/mol. The molecule has 0 aliphatic heterocycles. The third-order valence-electron chi connectivity index (χ3n) is 2.68. The lowest BCUT2D eigenvalue weighted by Gasteiger charge is -2.09. The van der Waals surface area contributed by atoms with Gasteiger partial charge in [-0.2, -0.15) is 0 Å². The summed E-state index contributed by atoms with van der Waals surface area (Å²) in [6.07, 6.45) is 0.490. The number of amides is 1. The minimum Gasteiger partial charge on any atom is -0.439 e. The summed E-state index contributed by atoms with van der Waals surface area (Å²) in [4.78, 5) is 15.3. The normalized spacial score (nSPS) is 11.8. The number of benzene rings is 1. The van der Waals surface area contributed by atoms with Crippen LogP contribution < -0.4 is 10.1 Å². The summed E-state index contributed by atoms with van der Waals surface area (Å²) in [6, 6.07) is 8.97. The van der Waals surface area contributed by atoms with Gasteiger partial charge in [0.1, 0.15) is 17.7 Å². The number of aromatic nitrogens is 1. The van der Waals surface area contributed by atoms with E-state index in [4.69, 9.17) is 9.84 Å². The highest BCUT2D eigenvalue weighted by molar-refractivity contribution is 5.79. The quantitative estimate of drug-likeness (QED) is 0.883. The summed E-state index contributed by atoms with van der Waals surface area (Å²) in [6.45, 7) is 1.65. The van der Waals surface area contributed by atoms with E-state index < -0.39 is 12.0 Å². The maximum atomic E-state index is 12.8. The van der Waals surface area contributed by atoms with Gasteiger partial charge in [0.15, 0.2) is 0 Å². The molecule has 0 aliphatic carbocycles. The van der Waals surface area contributed by atoms with Crippen LogP contribution in [0.25, 0.3) is 0 Å². The number of ether oxygens (including phenoxy) is 1. The number of aliphatic hydroxyl groups excluding tert-OH is 1. The van der Waals surface area contributed by atoms with Crippen molar-refractivity contribution in [2.75, 3.05) is 0 Å². The van der Waals surface area contributed by atoms with Crippen LogP contribution in [0.3, 0.4) is 0 Å². The Bertz CT molecular complexity index is 615. The fraction of sp³-hybridized carbons (Fsp3) is 0.200. The van der Waals surface area contributed by atoms with E-state index in [-0.39, 0.29) is 12.4 Å². The molecule has 1 aromatic carbocycles. The number of hydrogen-bond donors (Lipinski definition) is 2. The molecule has 0 saturated carbocycles. The van der Waals surface area contributed by atoms with Gasteiger partial charge in [-0.05, 0) is 42.8 Å². The van der Waals surface area contributed by atoms with Gasteiger partial charge in [-0.25, -0.2) is 9.37 Å². The number of nitrogens with one attached hydrogen (secondary N) is 1. The van der Waals surface area contributed by atoms with E-state index in [1.54, 1.807) is 18.3 Å². The van der Waals surface area contributed by atoms with Gasteiger partial charge in [0.2, 0.25) is 11.8 Å². The number of rotatable bonds is 5. The van der Waals surface area contributed by atoms with Crippen molar-refractivity contribution < 1.29 is 19.0 Å². The predicted octanol–water partition coefficient (Wildman–Crippen LogP) is 2.01. The summed E-state index contributed by atoms with van der Waals surface area (Å²) in [5, 5.41) is 11.7. The molecule has 6 heteroatoms. The zero-order valence-electron chi connectivity index (χ0n) is 11.4. The van der Waals surface area contributed by atoms with E-state index >= 15 is 0 Å². The first-order valence-corrected chi connectivity index (χ1v) is 6.39. The molecule has 0 fully saturated rings. The average Bonchev–Trinajstić information content (AvgIpc) is 2.47. The van der Waals surface area contributed by atoms with Crippen LogP contribution in [0.1, 0.15) is 12.5 Å². The van der Waals surface area contributed by atoms with Gasteiger partial charge >= 0.3 is 0 Å². The number of carbonyl (C=O) groups is 1. The molecule has 0 aliphatic rings. The molecule has 2 rings (SSSR count). The standard InChI is InChI=1S/C15H15FN2O3/c1-10(19)15(20)18-9-11-6-7-17-14(8-11)21-13-4-2-12(16)3-5-13/h2-8,10,19H,9H2,1H3,(H,18,20). The van der Waals surface area contributed by atoms with Gasteiger partial charge in [0.25, 0.3) is 0 Å². The summed E-state index contributed by atoms with van der Waals surface area (Å²) in [5.74, 6) is 0.0113. The second-order valence-corrected chi connectivity index (χ2v) is 4.45. The van der Waals surface area contributed by atoms with Crippen molar-refractivity contribution in [3.05, 3.63) is 54.0 Å². The van der Waals surface area contributed by atoms with Crippen LogP contribution in [0.5, 0.6) is 11.6 Å². The Hall–Kier alpha value is -2.47. The van der Waals surface area contributed by atoms with Crippen molar-refractivity contribution in [3.63, 3.8) is 0 Å². The molecule has 2 N–H and O–H groups in total. The Balaban J connectivity index is 2.00. The molecule has 0 bridgehead atoms. The minimum absolute atomic E-state index is 0.256. The lowest BCUT2D eigenvalue weighted by Crippen LogP contribution is -2.31. The monoisotopic (exact) mass is 290 g/mol. The van der Waals surface area contributed by atoms with Crippen LogP contribution in [-0.4, -0.2) is 22.1 Å². The molecule has 2 aromatic rings. The van der Waals surface area contributed by atoms with Crippen molar-refractivity contribution in [1.82, 2.24) is 10.3 Å². The minimum atomic E-state index is -1.05. The number of carbonyl (C=O) groups excluding carboxylic acids is 1. The van der Waals surface area contributed by atoms with Crippen LogP contribution in [0, 0.1) is 5.82 Å². The largest absolute Gasteiger partial charge is 0.439 e. The molecule has 1 atom stereocenters. The first kappa shape index (κ1) is 14.9. The van der Waals surface area contributed by atoms with E-state index in [1.165, 1.54) is 31.2 Å². The number of pyridine rings is 1. The van der Waals surface area contributed by atoms with Gasteiger partial charge in [0.05, 0.1) is 0 Å². The topological polar surface area (TPSA) is 71.5 Å². The molecule has 0 spiro atoms. The lowest BCUT2D eigenvalue weighted by atomic mass is 10.2. The van der Waals surface area contributed by atoms with Gasteiger partial charge in [-0.3, -0.25) is 4.79 Å². The van der Waals surface area contributed by atoms with Crippen molar-refractivity contribution in [2.45, 2.75) is 19.6 Å². The van der Waals surface area contributed by atoms with E-state index in [0.29, 0.717) is 11.6 Å². The first-order chi connectivity index (χ1) is 10.0. The number of nitrogens with zero attached hydrogens (tertiary/aromatic N) is 1. The van der Waals surface area contributed by atoms with Crippen LogP contribution in [0.2, 0.25) is 0 Å². The van der Waals surface area contributed by atoms with Gasteiger partial charge in [-0.1, -0.05) is 0 Å². The summed E-state index contributed by atoms with van der Waals surface area (Å²) in [5.41, 5.74) is 0.774. The van der Waals surface area contributed by atoms with Gasteiger partial charge < -0.3 is 15.2 Å². The Morgan fingerprint density at radius 1 is 1.38 bits per heavy atom. The van der Waals surface area contributed by atoms with E-state index in [0.717, 1.165) is 5.56 Å². The molecule has 1 unspecified atom stereocenters. The molecule has 1 amide bonds. The number of aliphatic hydroxyl groups is 1. The molecule has 110 valence electrons. The van der Waals surface area contributed by atoms with Crippen LogP contribution in [0.4, 0.5) is 4.39 Å². The molecule has 1 heterocycles. The maximum absolute atomic E-state index is 12.8. The Kier molecular flexibility index (Phi) is 4.84. The lowest BCUT2D eigenvalue weighted by molar-refractivity contribution is -0.128. The van der Waals surface area contributed by atoms with Crippen molar-refractivity contribution >= 4 is 5.91 Å². The first-order valence-electron chi connectivity index (χ1n) is 6.39. The highest BCUT2D eigenvalue weighted by Crippen LogP contribution is 2.20. The average molecular weight is 290 g/mol. The summed E-state index contributed by atoms with van der Waals surface area (Å²) >= 11 is 0. The third kappa shape index (κ3) is 4.54. The molecule has 21 heavy (non-hydrogen) atoms. The smallest absolute Gasteiger partial charge is 0.248 e. The number of halogens is 1. The van der Waals surface area contributed by atoms with E-state index in [2.05, 4.69) is 10.3 Å². The molecule has 1 aromatic heterocycles. The predicted molar refractivity (Wildman–Crippen MR) is 74.2 cm³/mol. The zero-order chi connectivity index (χ0) is 15.2. The summed E-state index contributed by atoms with van der Waals surface area (Å²) < 4.78 is 18.3. The van der Waals surface area contributed by atoms with Crippen LogP contribution >= 0.6 is 0 Å². The van der Waals surface area contributed by atoms with Crippen molar-refractivity contribution in [1.29, 1.82) is 0 Å². The van der Waals surface area contributed by atoms with Crippen molar-refractivity contribution in [3.8, 4) is 11.6 Å².